The van der Waals surface area contributed by atoms with Crippen molar-refractivity contribution in [1.29, 1.82) is 0 Å². The molecular formula is C9H12F3N3O2S2. The number of nitrogens with two attached hydrogens (primary N) is 1. The Balaban J connectivity index is 2.37. The van der Waals surface area contributed by atoms with E-state index in [1.165, 1.54) is 6.92 Å². The van der Waals surface area contributed by atoms with Crippen molar-refractivity contribution in [3.05, 3.63) is 5.69 Å². The molecule has 1 aliphatic carbocycles. The van der Waals surface area contributed by atoms with Crippen LogP contribution in [0.3, 0.4) is 0 Å². The van der Waals surface area contributed by atoms with E-state index in [1.54, 1.807) is 0 Å². The van der Waals surface area contributed by atoms with Crippen LogP contribution in [0.15, 0.2) is 4.21 Å². The van der Waals surface area contributed by atoms with Gasteiger partial charge in [-0.3, -0.25) is 0 Å². The van der Waals surface area contributed by atoms with Gasteiger partial charge in [0.05, 0.1) is 5.69 Å². The number of hydrogen-bond acceptors (Lipinski definition) is 5. The monoisotopic (exact) mass is 315 g/mol. The van der Waals surface area contributed by atoms with Gasteiger partial charge >= 0.3 is 6.18 Å². The molecule has 108 valence electrons. The molecule has 1 heterocycles. The fourth-order valence-corrected chi connectivity index (χ4v) is 4.78. The number of anilines is 1. The third-order valence-electron chi connectivity index (χ3n) is 2.60. The molecule has 0 aliphatic heterocycles. The summed E-state index contributed by atoms with van der Waals surface area (Å²) in [6.07, 6.45) is -3.68. The van der Waals surface area contributed by atoms with Crippen LogP contribution in [0.2, 0.25) is 0 Å². The van der Waals surface area contributed by atoms with Gasteiger partial charge in [0.1, 0.15) is 6.54 Å². The lowest BCUT2D eigenvalue weighted by atomic mass is 10.6. The van der Waals surface area contributed by atoms with Crippen molar-refractivity contribution in [2.75, 3.05) is 12.3 Å². The minimum atomic E-state index is -4.57. The molecule has 0 bridgehead atoms. The van der Waals surface area contributed by atoms with E-state index >= 15 is 0 Å². The summed E-state index contributed by atoms with van der Waals surface area (Å²) in [6, 6.07) is -0.575. The standard InChI is InChI=1S/C9H12F3N3O2S2/c1-5-7(18-8(13)14-5)19(16,17)15(6-2-3-6)4-9(10,11)12/h6H,2-4H2,1H3,(H2,13,14). The van der Waals surface area contributed by atoms with E-state index in [-0.39, 0.29) is 15.0 Å². The molecule has 1 saturated carbocycles. The van der Waals surface area contributed by atoms with Gasteiger partial charge in [0.25, 0.3) is 10.0 Å². The van der Waals surface area contributed by atoms with Crippen molar-refractivity contribution in [3.8, 4) is 0 Å². The van der Waals surface area contributed by atoms with Gasteiger partial charge in [-0.15, -0.1) is 0 Å². The van der Waals surface area contributed by atoms with Crippen LogP contribution in [0.5, 0.6) is 0 Å². The van der Waals surface area contributed by atoms with Crippen molar-refractivity contribution in [1.82, 2.24) is 9.29 Å². The van der Waals surface area contributed by atoms with E-state index in [0.29, 0.717) is 28.5 Å². The summed E-state index contributed by atoms with van der Waals surface area (Å²) in [5, 5.41) is 0.0267. The van der Waals surface area contributed by atoms with Crippen LogP contribution < -0.4 is 5.73 Å². The maximum Gasteiger partial charge on any atom is 0.402 e. The highest BCUT2D eigenvalue weighted by atomic mass is 32.2. The van der Waals surface area contributed by atoms with Gasteiger partial charge < -0.3 is 5.73 Å². The quantitative estimate of drug-likeness (QED) is 0.918. The van der Waals surface area contributed by atoms with E-state index in [2.05, 4.69) is 4.98 Å². The average molecular weight is 315 g/mol. The maximum atomic E-state index is 12.5. The van der Waals surface area contributed by atoms with Crippen LogP contribution in [0.25, 0.3) is 0 Å². The van der Waals surface area contributed by atoms with Crippen molar-refractivity contribution < 1.29 is 21.6 Å². The molecule has 0 atom stereocenters. The first-order chi connectivity index (χ1) is 8.61. The van der Waals surface area contributed by atoms with Gasteiger partial charge in [0.15, 0.2) is 9.34 Å². The molecule has 0 amide bonds. The van der Waals surface area contributed by atoms with Crippen LogP contribution in [0, 0.1) is 6.92 Å². The number of rotatable bonds is 4. The molecule has 5 nitrogen and oxygen atoms in total. The Bertz CT molecular complexity index is 578. The summed E-state index contributed by atoms with van der Waals surface area (Å²) in [4.78, 5) is 3.75. The average Bonchev–Trinajstić information content (AvgIpc) is 2.99. The summed E-state index contributed by atoms with van der Waals surface area (Å²) < 4.78 is 62.3. The van der Waals surface area contributed by atoms with Gasteiger partial charge in [-0.25, -0.2) is 13.4 Å². The lowest BCUT2D eigenvalue weighted by Crippen LogP contribution is -2.40. The van der Waals surface area contributed by atoms with Crippen LogP contribution in [0.1, 0.15) is 18.5 Å². The first kappa shape index (κ1) is 14.5. The molecule has 1 aromatic heterocycles. The number of thiazole rings is 1. The summed E-state index contributed by atoms with van der Waals surface area (Å²) in [5.41, 5.74) is 5.53. The zero-order valence-electron chi connectivity index (χ0n) is 9.94. The maximum absolute atomic E-state index is 12.5. The number of alkyl halides is 3. The molecule has 19 heavy (non-hydrogen) atoms. The van der Waals surface area contributed by atoms with E-state index in [9.17, 15) is 21.6 Å². The Hall–Kier alpha value is -0.870. The second-order valence-electron chi connectivity index (χ2n) is 4.32. The molecule has 0 spiro atoms. The molecule has 2 rings (SSSR count). The number of nitrogens with zero attached hydrogens (tertiary/aromatic N) is 2. The largest absolute Gasteiger partial charge is 0.402 e. The molecule has 10 heteroatoms. The van der Waals surface area contributed by atoms with E-state index in [1.807, 2.05) is 0 Å². The Morgan fingerprint density at radius 3 is 2.42 bits per heavy atom. The minimum absolute atomic E-state index is 0.0267. The van der Waals surface area contributed by atoms with Crippen LogP contribution >= 0.6 is 11.3 Å². The Labute approximate surface area is 112 Å². The van der Waals surface area contributed by atoms with Gasteiger partial charge in [-0.05, 0) is 19.8 Å². The smallest absolute Gasteiger partial charge is 0.375 e. The number of hydrogen-bond donors (Lipinski definition) is 1. The highest BCUT2D eigenvalue weighted by Crippen LogP contribution is 2.37. The first-order valence-electron chi connectivity index (χ1n) is 5.43. The molecule has 0 saturated heterocycles. The first-order valence-corrected chi connectivity index (χ1v) is 7.68. The van der Waals surface area contributed by atoms with Gasteiger partial charge in [-0.1, -0.05) is 11.3 Å². The second-order valence-corrected chi connectivity index (χ2v) is 7.44. The second kappa shape index (κ2) is 4.60. The molecule has 2 N–H and O–H groups in total. The third kappa shape index (κ3) is 3.18. The lowest BCUT2D eigenvalue weighted by molar-refractivity contribution is -0.136. The highest BCUT2D eigenvalue weighted by Gasteiger charge is 2.45. The molecule has 0 aromatic carbocycles. The van der Waals surface area contributed by atoms with Crippen molar-refractivity contribution >= 4 is 26.5 Å². The van der Waals surface area contributed by atoms with E-state index in [4.69, 9.17) is 5.73 Å². The number of nitrogen functional groups attached to an aromatic ring is 1. The lowest BCUT2D eigenvalue weighted by Gasteiger charge is -2.22. The van der Waals surface area contributed by atoms with Crippen molar-refractivity contribution in [3.63, 3.8) is 0 Å². The predicted molar refractivity (Wildman–Crippen MR) is 64.2 cm³/mol. The molecule has 0 radical (unpaired) electrons. The highest BCUT2D eigenvalue weighted by molar-refractivity contribution is 7.91. The Kier molecular flexibility index (Phi) is 3.52. The Morgan fingerprint density at radius 1 is 1.47 bits per heavy atom. The number of halogens is 3. The zero-order chi connectivity index (χ0) is 14.4. The van der Waals surface area contributed by atoms with Crippen LogP contribution in [-0.2, 0) is 10.0 Å². The summed E-state index contributed by atoms with van der Waals surface area (Å²) in [6.45, 7) is -0.0599. The topological polar surface area (TPSA) is 76.3 Å². The normalized spacial score (nSPS) is 17.1. The number of aromatic nitrogens is 1. The molecule has 0 unspecified atom stereocenters. The van der Waals surface area contributed by atoms with Gasteiger partial charge in [0.2, 0.25) is 0 Å². The van der Waals surface area contributed by atoms with Crippen molar-refractivity contribution in [2.24, 2.45) is 0 Å². The van der Waals surface area contributed by atoms with Gasteiger partial charge in [-0.2, -0.15) is 17.5 Å². The van der Waals surface area contributed by atoms with Crippen molar-refractivity contribution in [2.45, 2.75) is 36.2 Å². The van der Waals surface area contributed by atoms with E-state index in [0.717, 1.165) is 0 Å². The van der Waals surface area contributed by atoms with Crippen LogP contribution in [-0.4, -0.2) is 36.5 Å². The SMILES string of the molecule is Cc1nc(N)sc1S(=O)(=O)N(CC(F)(F)F)C1CC1. The summed E-state index contributed by atoms with van der Waals surface area (Å²) in [5.74, 6) is 0. The van der Waals surface area contributed by atoms with Gasteiger partial charge in [0, 0.05) is 6.04 Å². The van der Waals surface area contributed by atoms with Crippen LogP contribution in [0.4, 0.5) is 18.3 Å². The minimum Gasteiger partial charge on any atom is -0.375 e. The fourth-order valence-electron chi connectivity index (χ4n) is 1.70. The summed E-state index contributed by atoms with van der Waals surface area (Å²) >= 11 is 0.691. The Morgan fingerprint density at radius 2 is 2.05 bits per heavy atom. The predicted octanol–water partition coefficient (Wildman–Crippen LogP) is 1.75. The number of sulfonamides is 1. The number of aryl methyl sites for hydroxylation is 1. The third-order valence-corrected chi connectivity index (χ3v) is 6.07. The zero-order valence-corrected chi connectivity index (χ0v) is 11.6. The molecule has 1 aromatic rings. The fraction of sp³-hybridized carbons (Fsp3) is 0.667. The molecule has 1 aliphatic rings. The van der Waals surface area contributed by atoms with E-state index < -0.39 is 28.8 Å². The summed E-state index contributed by atoms with van der Waals surface area (Å²) in [7, 11) is -4.19. The molecule has 1 fully saturated rings. The molecular weight excluding hydrogens is 303 g/mol.